The minimum atomic E-state index is -1.18. The van der Waals surface area contributed by atoms with E-state index in [0.717, 1.165) is 4.90 Å². The predicted octanol–water partition coefficient (Wildman–Crippen LogP) is 3.71. The highest BCUT2D eigenvalue weighted by Crippen LogP contribution is 2.31. The van der Waals surface area contributed by atoms with Gasteiger partial charge in [0.15, 0.2) is 16.6 Å². The molecule has 2 amide bonds. The van der Waals surface area contributed by atoms with Gasteiger partial charge in [-0.05, 0) is 71.9 Å². The lowest BCUT2D eigenvalue weighted by Crippen LogP contribution is -2.54. The molecule has 0 bridgehead atoms. The Kier molecular flexibility index (Phi) is 7.44. The zero-order valence-corrected chi connectivity index (χ0v) is 20.6. The molecule has 12 heteroatoms. The Labute approximate surface area is 221 Å². The van der Waals surface area contributed by atoms with Gasteiger partial charge in [-0.1, -0.05) is 12.1 Å². The number of nitro benzene ring substituents is 1. The second kappa shape index (κ2) is 10.9. The summed E-state index contributed by atoms with van der Waals surface area (Å²) in [5, 5.41) is 22.4. The fraction of sp³-hybridized carbons (Fsp3) is 0.0769. The maximum absolute atomic E-state index is 13.2. The number of carboxylic acids is 1. The molecule has 192 valence electrons. The molecule has 2 N–H and O–H groups in total. The highest BCUT2D eigenvalue weighted by atomic mass is 32.1. The van der Waals surface area contributed by atoms with Crippen LogP contribution in [0.25, 0.3) is 6.08 Å². The van der Waals surface area contributed by atoms with Gasteiger partial charge >= 0.3 is 5.97 Å². The van der Waals surface area contributed by atoms with Crippen LogP contribution in [0, 0.1) is 10.1 Å². The molecular formula is C26H19N3O8S. The third-order valence-corrected chi connectivity index (χ3v) is 5.78. The number of nitrogens with zero attached hydrogens (tertiary/aromatic N) is 2. The first-order valence-electron chi connectivity index (χ1n) is 11.0. The lowest BCUT2D eigenvalue weighted by Gasteiger charge is -2.29. The number of thiocarbonyl (C=S) groups is 1. The van der Waals surface area contributed by atoms with E-state index < -0.39 is 22.7 Å². The quantitative estimate of drug-likeness (QED) is 0.145. The Morgan fingerprint density at radius 3 is 2.50 bits per heavy atom. The Morgan fingerprint density at radius 1 is 1.11 bits per heavy atom. The monoisotopic (exact) mass is 533 g/mol. The van der Waals surface area contributed by atoms with E-state index in [2.05, 4.69) is 5.32 Å². The van der Waals surface area contributed by atoms with Crippen molar-refractivity contribution < 1.29 is 33.9 Å². The number of hydrogen-bond acceptors (Lipinski definition) is 8. The average Bonchev–Trinajstić information content (AvgIpc) is 2.90. The van der Waals surface area contributed by atoms with E-state index in [-0.39, 0.29) is 34.2 Å². The van der Waals surface area contributed by atoms with Crippen molar-refractivity contribution in [2.45, 2.75) is 6.61 Å². The third-order valence-electron chi connectivity index (χ3n) is 5.49. The van der Waals surface area contributed by atoms with Gasteiger partial charge in [0, 0.05) is 12.1 Å². The largest absolute Gasteiger partial charge is 0.493 e. The van der Waals surface area contributed by atoms with Gasteiger partial charge < -0.3 is 14.6 Å². The van der Waals surface area contributed by atoms with Crippen LogP contribution >= 0.6 is 12.2 Å². The first-order chi connectivity index (χ1) is 18.2. The van der Waals surface area contributed by atoms with E-state index in [1.54, 1.807) is 30.3 Å². The molecule has 1 fully saturated rings. The van der Waals surface area contributed by atoms with Gasteiger partial charge in [-0.15, -0.1) is 0 Å². The van der Waals surface area contributed by atoms with Crippen molar-refractivity contribution in [1.29, 1.82) is 0 Å². The number of anilines is 1. The summed E-state index contributed by atoms with van der Waals surface area (Å²) in [6, 6.07) is 16.3. The zero-order chi connectivity index (χ0) is 27.4. The van der Waals surface area contributed by atoms with Crippen LogP contribution in [0.3, 0.4) is 0 Å². The van der Waals surface area contributed by atoms with E-state index in [1.165, 1.54) is 49.6 Å². The van der Waals surface area contributed by atoms with Crippen LogP contribution in [0.2, 0.25) is 0 Å². The second-order valence-corrected chi connectivity index (χ2v) is 8.32. The van der Waals surface area contributed by atoms with Gasteiger partial charge in [-0.2, -0.15) is 0 Å². The topological polar surface area (TPSA) is 148 Å². The number of carboxylic acid groups (broad SMARTS) is 1. The van der Waals surface area contributed by atoms with Crippen molar-refractivity contribution in [3.63, 3.8) is 0 Å². The van der Waals surface area contributed by atoms with E-state index in [4.69, 9.17) is 21.7 Å². The lowest BCUT2D eigenvalue weighted by atomic mass is 10.1. The number of ether oxygens (including phenoxy) is 2. The number of carbonyl (C=O) groups excluding carboxylic acids is 2. The molecule has 11 nitrogen and oxygen atoms in total. The third kappa shape index (κ3) is 5.50. The maximum atomic E-state index is 13.2. The number of nitrogens with one attached hydrogen (secondary N) is 1. The molecule has 1 aliphatic rings. The fourth-order valence-electron chi connectivity index (χ4n) is 3.60. The number of amides is 2. The van der Waals surface area contributed by atoms with Crippen LogP contribution in [-0.4, -0.2) is 40.0 Å². The average molecular weight is 534 g/mol. The molecule has 0 atom stereocenters. The summed E-state index contributed by atoms with van der Waals surface area (Å²) in [6.45, 7) is 0.123. The number of benzene rings is 3. The molecular weight excluding hydrogens is 514 g/mol. The number of carbonyl (C=O) groups is 3. The van der Waals surface area contributed by atoms with Crippen LogP contribution in [0.15, 0.2) is 72.3 Å². The second-order valence-electron chi connectivity index (χ2n) is 7.94. The SMILES string of the molecule is COc1cc(C=C2C(=O)NC(=S)N(c3cccc(C(=O)O)c3)C2=O)ccc1OCc1ccc([N+](=O)[O-])cc1. The number of hydrogen-bond donors (Lipinski definition) is 2. The Hall–Kier alpha value is -5.10. The summed E-state index contributed by atoms with van der Waals surface area (Å²) in [4.78, 5) is 48.6. The van der Waals surface area contributed by atoms with Gasteiger partial charge in [0.25, 0.3) is 17.5 Å². The first-order valence-corrected chi connectivity index (χ1v) is 11.4. The van der Waals surface area contributed by atoms with Gasteiger partial charge in [-0.25, -0.2) is 4.79 Å². The van der Waals surface area contributed by atoms with Crippen molar-refractivity contribution in [2.24, 2.45) is 0 Å². The molecule has 38 heavy (non-hydrogen) atoms. The fourth-order valence-corrected chi connectivity index (χ4v) is 3.89. The lowest BCUT2D eigenvalue weighted by molar-refractivity contribution is -0.384. The van der Waals surface area contributed by atoms with Gasteiger partial charge in [0.1, 0.15) is 12.2 Å². The molecule has 3 aromatic carbocycles. The van der Waals surface area contributed by atoms with E-state index >= 15 is 0 Å². The van der Waals surface area contributed by atoms with Crippen LogP contribution in [0.1, 0.15) is 21.5 Å². The minimum absolute atomic E-state index is 0.0288. The van der Waals surface area contributed by atoms with E-state index in [1.807, 2.05) is 0 Å². The van der Waals surface area contributed by atoms with Crippen molar-refractivity contribution in [1.82, 2.24) is 5.32 Å². The van der Waals surface area contributed by atoms with Crippen LogP contribution in [0.5, 0.6) is 11.5 Å². The zero-order valence-electron chi connectivity index (χ0n) is 19.7. The summed E-state index contributed by atoms with van der Waals surface area (Å²) in [6.07, 6.45) is 1.36. The first kappa shape index (κ1) is 26.0. The molecule has 1 aliphatic heterocycles. The summed E-state index contributed by atoms with van der Waals surface area (Å²) in [5.74, 6) is -1.90. The molecule has 0 aliphatic carbocycles. The van der Waals surface area contributed by atoms with Crippen LogP contribution in [0.4, 0.5) is 11.4 Å². The normalized spacial score (nSPS) is 14.3. The highest BCUT2D eigenvalue weighted by Gasteiger charge is 2.34. The van der Waals surface area contributed by atoms with Crippen molar-refractivity contribution in [3.8, 4) is 11.5 Å². The summed E-state index contributed by atoms with van der Waals surface area (Å²) >= 11 is 5.16. The molecule has 4 rings (SSSR count). The van der Waals surface area contributed by atoms with Gasteiger partial charge in [-0.3, -0.25) is 29.9 Å². The summed E-state index contributed by atoms with van der Waals surface area (Å²) in [5.41, 5.74) is 1.05. The maximum Gasteiger partial charge on any atom is 0.335 e. The van der Waals surface area contributed by atoms with Gasteiger partial charge in [0.05, 0.1) is 23.3 Å². The molecule has 1 heterocycles. The molecule has 1 saturated heterocycles. The van der Waals surface area contributed by atoms with Crippen LogP contribution < -0.4 is 19.7 Å². The van der Waals surface area contributed by atoms with Crippen molar-refractivity contribution >= 4 is 52.6 Å². The minimum Gasteiger partial charge on any atom is -0.493 e. The smallest absolute Gasteiger partial charge is 0.335 e. The molecule has 0 aromatic heterocycles. The molecule has 0 radical (unpaired) electrons. The summed E-state index contributed by atoms with van der Waals surface area (Å²) in [7, 11) is 1.43. The molecule has 0 unspecified atom stereocenters. The van der Waals surface area contributed by atoms with Crippen molar-refractivity contribution in [2.75, 3.05) is 12.0 Å². The number of non-ortho nitro benzene ring substituents is 1. The van der Waals surface area contributed by atoms with Gasteiger partial charge in [0.2, 0.25) is 0 Å². The summed E-state index contributed by atoms with van der Waals surface area (Å²) < 4.78 is 11.2. The molecule has 0 spiro atoms. The Balaban J connectivity index is 1.57. The number of nitro groups is 1. The Bertz CT molecular complexity index is 1500. The molecule has 0 saturated carbocycles. The van der Waals surface area contributed by atoms with E-state index in [0.29, 0.717) is 22.6 Å². The van der Waals surface area contributed by atoms with E-state index in [9.17, 15) is 29.6 Å². The van der Waals surface area contributed by atoms with Crippen molar-refractivity contribution in [3.05, 3.63) is 99.1 Å². The number of rotatable bonds is 8. The molecule has 3 aromatic rings. The number of aromatic carboxylic acids is 1. The standard InChI is InChI=1S/C26H19N3O8S/c1-36-22-12-16(7-10-21(22)37-14-15-5-8-18(9-6-15)29(34)35)11-20-23(30)27-26(38)28(24(20)31)19-4-2-3-17(13-19)25(32)33/h2-13H,14H2,1H3,(H,32,33)(H,27,30,38). The Morgan fingerprint density at radius 2 is 1.84 bits per heavy atom. The highest BCUT2D eigenvalue weighted by molar-refractivity contribution is 7.80. The predicted molar refractivity (Wildman–Crippen MR) is 140 cm³/mol. The number of methoxy groups -OCH3 is 1. The van der Waals surface area contributed by atoms with Crippen LogP contribution in [-0.2, 0) is 16.2 Å².